The lowest BCUT2D eigenvalue weighted by molar-refractivity contribution is 0.879. The number of benzene rings is 1. The van der Waals surface area contributed by atoms with Crippen LogP contribution >= 0.6 is 0 Å². The van der Waals surface area contributed by atoms with Crippen molar-refractivity contribution in [1.29, 1.82) is 0 Å². The second-order valence-corrected chi connectivity index (χ2v) is 3.93. The molecule has 16 heavy (non-hydrogen) atoms. The molecule has 1 aromatic carbocycles. The van der Waals surface area contributed by atoms with Gasteiger partial charge in [0.15, 0.2) is 0 Å². The van der Waals surface area contributed by atoms with Gasteiger partial charge in [-0.1, -0.05) is 23.8 Å². The predicted molar refractivity (Wildman–Crippen MR) is 66.7 cm³/mol. The summed E-state index contributed by atoms with van der Waals surface area (Å²) in [5, 5.41) is 4.20. The summed E-state index contributed by atoms with van der Waals surface area (Å²) in [6, 6.07) is 10.4. The van der Waals surface area contributed by atoms with Gasteiger partial charge in [-0.2, -0.15) is 5.10 Å². The first kappa shape index (κ1) is 10.7. The van der Waals surface area contributed by atoms with E-state index in [1.807, 2.05) is 16.9 Å². The van der Waals surface area contributed by atoms with Crippen LogP contribution in [0.1, 0.15) is 19.4 Å². The minimum absolute atomic E-state index is 1.02. The van der Waals surface area contributed by atoms with Crippen LogP contribution in [0, 0.1) is 0 Å². The molecular weight excluding hydrogens is 196 g/mol. The second-order valence-electron chi connectivity index (χ2n) is 3.93. The molecule has 2 rings (SSSR count). The first-order valence-electron chi connectivity index (χ1n) is 5.50. The lowest BCUT2D eigenvalue weighted by atomic mass is 10.1. The molecule has 2 aromatic rings. The lowest BCUT2D eigenvalue weighted by Gasteiger charge is -2.04. The largest absolute Gasteiger partial charge is 0.241 e. The van der Waals surface area contributed by atoms with Gasteiger partial charge in [0.1, 0.15) is 0 Å². The molecule has 0 saturated heterocycles. The normalized spacial score (nSPS) is 11.8. The fourth-order valence-corrected chi connectivity index (χ4v) is 1.61. The molecule has 0 atom stereocenters. The Bertz CT molecular complexity index is 464. The summed E-state index contributed by atoms with van der Waals surface area (Å²) < 4.78 is 1.87. The standard InChI is InChI=1S/C14H16N2/c1-3-12(2)11-13-5-7-14(8-6-13)16-10-4-9-15-16/h3-10H,11H2,1-2H3/b12-3-. The SMILES string of the molecule is C/C=C(/C)Cc1ccc(-n2cccn2)cc1. The number of allylic oxidation sites excluding steroid dienone is 2. The van der Waals surface area contributed by atoms with E-state index in [1.54, 1.807) is 6.20 Å². The van der Waals surface area contributed by atoms with Gasteiger partial charge >= 0.3 is 0 Å². The maximum absolute atomic E-state index is 4.20. The Kier molecular flexibility index (Phi) is 3.20. The molecule has 0 unspecified atom stereocenters. The quantitative estimate of drug-likeness (QED) is 0.713. The molecule has 0 aliphatic carbocycles. The van der Waals surface area contributed by atoms with Crippen molar-refractivity contribution in [3.8, 4) is 5.69 Å². The van der Waals surface area contributed by atoms with Crippen molar-refractivity contribution < 1.29 is 0 Å². The lowest BCUT2D eigenvalue weighted by Crippen LogP contribution is -1.94. The van der Waals surface area contributed by atoms with Crippen LogP contribution in [0.25, 0.3) is 5.69 Å². The fourth-order valence-electron chi connectivity index (χ4n) is 1.61. The third-order valence-corrected chi connectivity index (χ3v) is 2.68. The zero-order valence-corrected chi connectivity index (χ0v) is 9.72. The Morgan fingerprint density at radius 1 is 1.31 bits per heavy atom. The maximum atomic E-state index is 4.20. The second kappa shape index (κ2) is 4.79. The van der Waals surface area contributed by atoms with Crippen LogP contribution in [0.5, 0.6) is 0 Å². The summed E-state index contributed by atoms with van der Waals surface area (Å²) in [4.78, 5) is 0. The molecule has 2 nitrogen and oxygen atoms in total. The van der Waals surface area contributed by atoms with Gasteiger partial charge in [-0.3, -0.25) is 0 Å². The van der Waals surface area contributed by atoms with E-state index in [0.29, 0.717) is 0 Å². The van der Waals surface area contributed by atoms with Gasteiger partial charge in [-0.05, 0) is 44.0 Å². The monoisotopic (exact) mass is 212 g/mol. The van der Waals surface area contributed by atoms with Crippen molar-refractivity contribution in [2.45, 2.75) is 20.3 Å². The molecule has 0 N–H and O–H groups in total. The van der Waals surface area contributed by atoms with Crippen molar-refractivity contribution in [2.24, 2.45) is 0 Å². The van der Waals surface area contributed by atoms with Gasteiger partial charge in [0.05, 0.1) is 5.69 Å². The predicted octanol–water partition coefficient (Wildman–Crippen LogP) is 3.38. The Labute approximate surface area is 96.2 Å². The summed E-state index contributed by atoms with van der Waals surface area (Å²) in [5.41, 5.74) is 3.84. The third kappa shape index (κ3) is 2.40. The van der Waals surface area contributed by atoms with Crippen LogP contribution in [0.4, 0.5) is 0 Å². The topological polar surface area (TPSA) is 17.8 Å². The van der Waals surface area contributed by atoms with Gasteiger partial charge < -0.3 is 0 Å². The van der Waals surface area contributed by atoms with Crippen molar-refractivity contribution in [1.82, 2.24) is 9.78 Å². The summed E-state index contributed by atoms with van der Waals surface area (Å²) in [7, 11) is 0. The van der Waals surface area contributed by atoms with E-state index < -0.39 is 0 Å². The smallest absolute Gasteiger partial charge is 0.0645 e. The van der Waals surface area contributed by atoms with Crippen molar-refractivity contribution in [3.05, 3.63) is 59.9 Å². The summed E-state index contributed by atoms with van der Waals surface area (Å²) >= 11 is 0. The zero-order chi connectivity index (χ0) is 11.4. The molecule has 0 aliphatic heterocycles. The first-order valence-corrected chi connectivity index (χ1v) is 5.50. The van der Waals surface area contributed by atoms with E-state index in [4.69, 9.17) is 0 Å². The Balaban J connectivity index is 2.17. The van der Waals surface area contributed by atoms with Crippen molar-refractivity contribution in [2.75, 3.05) is 0 Å². The van der Waals surface area contributed by atoms with Crippen molar-refractivity contribution >= 4 is 0 Å². The highest BCUT2D eigenvalue weighted by Gasteiger charge is 1.97. The van der Waals surface area contributed by atoms with E-state index in [-0.39, 0.29) is 0 Å². The minimum Gasteiger partial charge on any atom is -0.241 e. The molecule has 82 valence electrons. The molecule has 1 heterocycles. The van der Waals surface area contributed by atoms with Gasteiger partial charge in [-0.15, -0.1) is 0 Å². The highest BCUT2D eigenvalue weighted by atomic mass is 15.3. The molecule has 2 heteroatoms. The van der Waals surface area contributed by atoms with Crippen LogP contribution in [0.2, 0.25) is 0 Å². The first-order chi connectivity index (χ1) is 7.79. The summed E-state index contributed by atoms with van der Waals surface area (Å²) in [6.45, 7) is 4.23. The number of hydrogen-bond donors (Lipinski definition) is 0. The molecule has 0 amide bonds. The number of rotatable bonds is 3. The van der Waals surface area contributed by atoms with Gasteiger partial charge in [-0.25, -0.2) is 4.68 Å². The van der Waals surface area contributed by atoms with Crippen LogP contribution < -0.4 is 0 Å². The Morgan fingerprint density at radius 2 is 2.06 bits per heavy atom. The highest BCUT2D eigenvalue weighted by Crippen LogP contribution is 2.11. The van der Waals surface area contributed by atoms with E-state index in [1.165, 1.54) is 11.1 Å². The van der Waals surface area contributed by atoms with Crippen molar-refractivity contribution in [3.63, 3.8) is 0 Å². The zero-order valence-electron chi connectivity index (χ0n) is 9.72. The number of nitrogens with zero attached hydrogens (tertiary/aromatic N) is 2. The van der Waals surface area contributed by atoms with Crippen LogP contribution in [-0.4, -0.2) is 9.78 Å². The van der Waals surface area contributed by atoms with Crippen LogP contribution in [0.15, 0.2) is 54.4 Å². The van der Waals surface area contributed by atoms with Gasteiger partial charge in [0.25, 0.3) is 0 Å². The molecule has 0 saturated carbocycles. The van der Waals surface area contributed by atoms with Gasteiger partial charge in [0, 0.05) is 12.4 Å². The Morgan fingerprint density at radius 3 is 2.62 bits per heavy atom. The maximum Gasteiger partial charge on any atom is 0.0645 e. The third-order valence-electron chi connectivity index (χ3n) is 2.68. The summed E-state index contributed by atoms with van der Waals surface area (Å²) in [5.74, 6) is 0. The molecule has 0 radical (unpaired) electrons. The molecular formula is C14H16N2. The van der Waals surface area contributed by atoms with Crippen LogP contribution in [0.3, 0.4) is 0 Å². The summed E-state index contributed by atoms with van der Waals surface area (Å²) in [6.07, 6.45) is 6.92. The number of aromatic nitrogens is 2. The number of hydrogen-bond acceptors (Lipinski definition) is 1. The minimum atomic E-state index is 1.02. The Hall–Kier alpha value is -1.83. The molecule has 0 aliphatic rings. The molecule has 1 aromatic heterocycles. The molecule has 0 fully saturated rings. The van der Waals surface area contributed by atoms with E-state index in [9.17, 15) is 0 Å². The van der Waals surface area contributed by atoms with Gasteiger partial charge in [0.2, 0.25) is 0 Å². The van der Waals surface area contributed by atoms with E-state index in [0.717, 1.165) is 12.1 Å². The van der Waals surface area contributed by atoms with E-state index >= 15 is 0 Å². The van der Waals surface area contributed by atoms with Crippen LogP contribution in [-0.2, 0) is 6.42 Å². The average Bonchev–Trinajstić information content (AvgIpc) is 2.83. The molecule has 0 spiro atoms. The van der Waals surface area contributed by atoms with E-state index in [2.05, 4.69) is 49.3 Å². The highest BCUT2D eigenvalue weighted by molar-refractivity contribution is 5.35. The molecule has 0 bridgehead atoms. The average molecular weight is 212 g/mol. The fraction of sp³-hybridized carbons (Fsp3) is 0.214.